The molecular formula is C13H20N2OS. The molecule has 1 N–H and O–H groups in total. The van der Waals surface area contributed by atoms with Crippen molar-refractivity contribution in [1.29, 1.82) is 0 Å². The molecule has 2 rings (SSSR count). The monoisotopic (exact) mass is 252 g/mol. The number of rotatable bonds is 5. The Morgan fingerprint density at radius 2 is 2.35 bits per heavy atom. The van der Waals surface area contributed by atoms with Crippen LogP contribution < -0.4 is 5.32 Å². The first-order valence-electron chi connectivity index (χ1n) is 6.26. The minimum atomic E-state index is 0.0499. The number of hydrogen-bond acceptors (Lipinski definition) is 3. The zero-order valence-corrected chi connectivity index (χ0v) is 11.3. The normalized spacial score (nSPS) is 20.2. The van der Waals surface area contributed by atoms with Gasteiger partial charge in [-0.2, -0.15) is 11.3 Å². The number of nitrogens with one attached hydrogen (secondary N) is 1. The number of carbonyl (C=O) groups is 1. The first-order chi connectivity index (χ1) is 8.22. The summed E-state index contributed by atoms with van der Waals surface area (Å²) in [5, 5.41) is 7.58. The van der Waals surface area contributed by atoms with Crippen molar-refractivity contribution in [3.8, 4) is 0 Å². The summed E-state index contributed by atoms with van der Waals surface area (Å²) in [7, 11) is 0. The van der Waals surface area contributed by atoms with E-state index in [1.165, 1.54) is 11.1 Å². The third kappa shape index (κ3) is 2.87. The van der Waals surface area contributed by atoms with Gasteiger partial charge in [0.05, 0.1) is 12.7 Å². The van der Waals surface area contributed by atoms with E-state index >= 15 is 0 Å². The smallest absolute Gasteiger partial charge is 0.241 e. The number of nitrogens with zero attached hydrogens (tertiary/aromatic N) is 1. The predicted molar refractivity (Wildman–Crippen MR) is 70.9 cm³/mol. The molecule has 0 aliphatic carbocycles. The maximum Gasteiger partial charge on any atom is 0.241 e. The van der Waals surface area contributed by atoms with Gasteiger partial charge >= 0.3 is 0 Å². The topological polar surface area (TPSA) is 32.3 Å². The van der Waals surface area contributed by atoms with Crippen LogP contribution in [-0.2, 0) is 11.3 Å². The lowest BCUT2D eigenvalue weighted by Crippen LogP contribution is -2.30. The molecule has 1 saturated heterocycles. The summed E-state index contributed by atoms with van der Waals surface area (Å²) in [4.78, 5) is 14.0. The summed E-state index contributed by atoms with van der Waals surface area (Å²) in [6.45, 7) is 5.71. The zero-order valence-electron chi connectivity index (χ0n) is 10.5. The first-order valence-corrected chi connectivity index (χ1v) is 7.20. The van der Waals surface area contributed by atoms with Gasteiger partial charge in [-0.25, -0.2) is 0 Å². The molecule has 1 aromatic rings. The molecule has 1 unspecified atom stereocenters. The molecule has 1 amide bonds. The van der Waals surface area contributed by atoms with Gasteiger partial charge in [0.15, 0.2) is 0 Å². The minimum absolute atomic E-state index is 0.0499. The molecule has 94 valence electrons. The molecule has 1 aromatic heterocycles. The Balaban J connectivity index is 1.92. The standard InChI is InChI=1S/C13H20N2OS/c1-3-4-5-12-13(16)15(9-14-12)6-11-8-17-7-10(11)2/h7-8,12,14H,3-6,9H2,1-2H3. The number of thiophene rings is 1. The Labute approximate surface area is 107 Å². The lowest BCUT2D eigenvalue weighted by Gasteiger charge is -2.15. The lowest BCUT2D eigenvalue weighted by atomic mass is 10.1. The van der Waals surface area contributed by atoms with Gasteiger partial charge in [-0.1, -0.05) is 19.8 Å². The molecule has 1 atom stereocenters. The van der Waals surface area contributed by atoms with Crippen LogP contribution in [0.1, 0.15) is 37.3 Å². The highest BCUT2D eigenvalue weighted by Crippen LogP contribution is 2.18. The molecule has 1 aliphatic rings. The summed E-state index contributed by atoms with van der Waals surface area (Å²) >= 11 is 1.71. The van der Waals surface area contributed by atoms with Gasteiger partial charge in [-0.05, 0) is 35.2 Å². The minimum Gasteiger partial charge on any atom is -0.324 e. The van der Waals surface area contributed by atoms with E-state index in [4.69, 9.17) is 0 Å². The third-order valence-electron chi connectivity index (χ3n) is 3.31. The van der Waals surface area contributed by atoms with Crippen molar-refractivity contribution in [2.45, 2.75) is 45.7 Å². The van der Waals surface area contributed by atoms with Crippen LogP contribution in [-0.4, -0.2) is 23.5 Å². The van der Waals surface area contributed by atoms with Crippen molar-refractivity contribution in [1.82, 2.24) is 10.2 Å². The van der Waals surface area contributed by atoms with Gasteiger partial charge in [0, 0.05) is 6.54 Å². The van der Waals surface area contributed by atoms with E-state index < -0.39 is 0 Å². The lowest BCUT2D eigenvalue weighted by molar-refractivity contribution is -0.129. The second kappa shape index (κ2) is 5.65. The van der Waals surface area contributed by atoms with Crippen molar-refractivity contribution >= 4 is 17.2 Å². The maximum atomic E-state index is 12.1. The van der Waals surface area contributed by atoms with Crippen molar-refractivity contribution in [3.05, 3.63) is 21.9 Å². The van der Waals surface area contributed by atoms with E-state index in [1.807, 2.05) is 4.90 Å². The molecular weight excluding hydrogens is 232 g/mol. The van der Waals surface area contributed by atoms with Gasteiger partial charge < -0.3 is 4.90 Å². The predicted octanol–water partition coefficient (Wildman–Crippen LogP) is 2.50. The second-order valence-electron chi connectivity index (χ2n) is 4.67. The van der Waals surface area contributed by atoms with Crippen LogP contribution in [0, 0.1) is 6.92 Å². The van der Waals surface area contributed by atoms with Gasteiger partial charge in [0.25, 0.3) is 0 Å². The van der Waals surface area contributed by atoms with Crippen LogP contribution in [0.3, 0.4) is 0 Å². The highest BCUT2D eigenvalue weighted by molar-refractivity contribution is 7.08. The molecule has 0 spiro atoms. The number of carbonyl (C=O) groups excluding carboxylic acids is 1. The fourth-order valence-electron chi connectivity index (χ4n) is 2.13. The average Bonchev–Trinajstić information content (AvgIpc) is 2.86. The molecule has 0 bridgehead atoms. The van der Waals surface area contributed by atoms with Crippen molar-refractivity contribution < 1.29 is 4.79 Å². The van der Waals surface area contributed by atoms with Crippen LogP contribution in [0.15, 0.2) is 10.8 Å². The zero-order chi connectivity index (χ0) is 12.3. The van der Waals surface area contributed by atoms with E-state index in [1.54, 1.807) is 11.3 Å². The van der Waals surface area contributed by atoms with Gasteiger partial charge in [-0.15, -0.1) is 0 Å². The SMILES string of the molecule is CCCCC1NCN(Cc2cscc2C)C1=O. The molecule has 17 heavy (non-hydrogen) atoms. The molecule has 3 nitrogen and oxygen atoms in total. The maximum absolute atomic E-state index is 12.1. The summed E-state index contributed by atoms with van der Waals surface area (Å²) in [6.07, 6.45) is 3.23. The molecule has 0 saturated carbocycles. The van der Waals surface area contributed by atoms with E-state index in [0.717, 1.165) is 25.8 Å². The Hall–Kier alpha value is -0.870. The molecule has 0 aromatic carbocycles. The fourth-order valence-corrected chi connectivity index (χ4v) is 2.98. The molecule has 1 aliphatic heterocycles. The summed E-state index contributed by atoms with van der Waals surface area (Å²) < 4.78 is 0. The van der Waals surface area contributed by atoms with Gasteiger partial charge in [0.1, 0.15) is 0 Å². The van der Waals surface area contributed by atoms with E-state index in [2.05, 4.69) is 29.9 Å². The Morgan fingerprint density at radius 1 is 1.53 bits per heavy atom. The third-order valence-corrected chi connectivity index (χ3v) is 4.22. The molecule has 2 heterocycles. The molecule has 1 fully saturated rings. The van der Waals surface area contributed by atoms with Crippen LogP contribution in [0.25, 0.3) is 0 Å². The Morgan fingerprint density at radius 3 is 3.00 bits per heavy atom. The summed E-state index contributed by atoms with van der Waals surface area (Å²) in [6, 6.07) is 0.0499. The van der Waals surface area contributed by atoms with Crippen LogP contribution in [0.2, 0.25) is 0 Å². The first kappa shape index (κ1) is 12.6. The number of aryl methyl sites for hydroxylation is 1. The Kier molecular flexibility index (Phi) is 4.18. The molecule has 0 radical (unpaired) electrons. The van der Waals surface area contributed by atoms with Crippen molar-refractivity contribution in [2.75, 3.05) is 6.67 Å². The number of hydrogen-bond donors (Lipinski definition) is 1. The van der Waals surface area contributed by atoms with Gasteiger partial charge in [-0.3, -0.25) is 10.1 Å². The largest absolute Gasteiger partial charge is 0.324 e. The Bertz CT molecular complexity index is 389. The van der Waals surface area contributed by atoms with Crippen LogP contribution in [0.4, 0.5) is 0 Å². The van der Waals surface area contributed by atoms with E-state index in [0.29, 0.717) is 6.67 Å². The number of amides is 1. The second-order valence-corrected chi connectivity index (χ2v) is 5.42. The average molecular weight is 252 g/mol. The van der Waals surface area contributed by atoms with Crippen LogP contribution in [0.5, 0.6) is 0 Å². The molecule has 4 heteroatoms. The van der Waals surface area contributed by atoms with Gasteiger partial charge in [0.2, 0.25) is 5.91 Å². The van der Waals surface area contributed by atoms with E-state index in [-0.39, 0.29) is 11.9 Å². The van der Waals surface area contributed by atoms with Crippen LogP contribution >= 0.6 is 11.3 Å². The highest BCUT2D eigenvalue weighted by atomic mass is 32.1. The highest BCUT2D eigenvalue weighted by Gasteiger charge is 2.30. The fraction of sp³-hybridized carbons (Fsp3) is 0.615. The summed E-state index contributed by atoms with van der Waals surface area (Å²) in [5.74, 6) is 0.268. The quantitative estimate of drug-likeness (QED) is 0.873. The summed E-state index contributed by atoms with van der Waals surface area (Å²) in [5.41, 5.74) is 2.57. The number of unbranched alkanes of at least 4 members (excludes halogenated alkanes) is 1. The van der Waals surface area contributed by atoms with E-state index in [9.17, 15) is 4.79 Å². The van der Waals surface area contributed by atoms with Crippen molar-refractivity contribution in [2.24, 2.45) is 0 Å². The van der Waals surface area contributed by atoms with Crippen molar-refractivity contribution in [3.63, 3.8) is 0 Å².